The van der Waals surface area contributed by atoms with Gasteiger partial charge in [0, 0.05) is 25.5 Å². The van der Waals surface area contributed by atoms with Crippen LogP contribution in [0.5, 0.6) is 0 Å². The summed E-state index contributed by atoms with van der Waals surface area (Å²) in [4.78, 5) is 22.1. The molecule has 0 heterocycles. The van der Waals surface area contributed by atoms with Gasteiger partial charge in [0.05, 0.1) is 0 Å². The Morgan fingerprint density at radius 3 is 2.63 bits per heavy atom. The highest BCUT2D eigenvalue weighted by atomic mass is 16.1. The fourth-order valence-electron chi connectivity index (χ4n) is 2.01. The van der Waals surface area contributed by atoms with E-state index < -0.39 is 0 Å². The molecule has 0 atom stereocenters. The van der Waals surface area contributed by atoms with Crippen molar-refractivity contribution in [2.45, 2.75) is 52.4 Å². The summed E-state index contributed by atoms with van der Waals surface area (Å²) in [5.41, 5.74) is 2.08. The number of nitrogens with one attached hydrogen (secondary N) is 1. The van der Waals surface area contributed by atoms with Gasteiger partial charge in [-0.3, -0.25) is 9.59 Å². The molecular formula is C16H23NO2. The lowest BCUT2D eigenvalue weighted by molar-refractivity contribution is -0.119. The summed E-state index contributed by atoms with van der Waals surface area (Å²) in [6, 6.07) is 7.94. The van der Waals surface area contributed by atoms with Crippen molar-refractivity contribution in [1.82, 2.24) is 0 Å². The van der Waals surface area contributed by atoms with Crippen LogP contribution < -0.4 is 5.32 Å². The fourth-order valence-corrected chi connectivity index (χ4v) is 2.01. The normalized spacial score (nSPS) is 10.2. The van der Waals surface area contributed by atoms with Crippen molar-refractivity contribution in [3.05, 3.63) is 29.8 Å². The molecule has 1 aromatic rings. The van der Waals surface area contributed by atoms with Gasteiger partial charge in [-0.2, -0.15) is 0 Å². The maximum absolute atomic E-state index is 11.2. The van der Waals surface area contributed by atoms with E-state index in [2.05, 4.69) is 11.4 Å². The van der Waals surface area contributed by atoms with Gasteiger partial charge in [-0.1, -0.05) is 25.5 Å². The Kier molecular flexibility index (Phi) is 6.86. The molecule has 3 nitrogen and oxygen atoms in total. The topological polar surface area (TPSA) is 46.2 Å². The largest absolute Gasteiger partial charge is 0.326 e. The summed E-state index contributed by atoms with van der Waals surface area (Å²) in [5, 5.41) is 2.79. The maximum atomic E-state index is 11.2. The van der Waals surface area contributed by atoms with Crippen LogP contribution in [0.2, 0.25) is 0 Å². The molecule has 104 valence electrons. The number of ketones is 1. The number of amides is 1. The van der Waals surface area contributed by atoms with Gasteiger partial charge in [-0.05, 0) is 37.0 Å². The molecule has 0 saturated carbocycles. The third-order valence-electron chi connectivity index (χ3n) is 3.06. The second-order valence-electron chi connectivity index (χ2n) is 4.83. The summed E-state index contributed by atoms with van der Waals surface area (Å²) < 4.78 is 0. The first-order valence-electron chi connectivity index (χ1n) is 7.00. The van der Waals surface area contributed by atoms with E-state index in [9.17, 15) is 9.59 Å². The number of hydrogen-bond acceptors (Lipinski definition) is 2. The predicted octanol–water partition coefficient (Wildman–Crippen LogP) is 3.73. The maximum Gasteiger partial charge on any atom is 0.221 e. The molecular weight excluding hydrogens is 238 g/mol. The number of carbonyl (C=O) groups is 2. The zero-order chi connectivity index (χ0) is 14.1. The van der Waals surface area contributed by atoms with E-state index in [0.29, 0.717) is 18.6 Å². The quantitative estimate of drug-likeness (QED) is 0.725. The van der Waals surface area contributed by atoms with Crippen LogP contribution in [0.1, 0.15) is 51.5 Å². The Balaban J connectivity index is 2.29. The van der Waals surface area contributed by atoms with Crippen molar-refractivity contribution >= 4 is 17.4 Å². The van der Waals surface area contributed by atoms with Crippen molar-refractivity contribution in [2.75, 3.05) is 5.32 Å². The van der Waals surface area contributed by atoms with E-state index in [1.54, 1.807) is 0 Å². The van der Waals surface area contributed by atoms with Crippen LogP contribution >= 0.6 is 0 Å². The van der Waals surface area contributed by atoms with Crippen LogP contribution in [0.3, 0.4) is 0 Å². The predicted molar refractivity (Wildman–Crippen MR) is 78.2 cm³/mol. The Labute approximate surface area is 115 Å². The number of anilines is 1. The summed E-state index contributed by atoms with van der Waals surface area (Å²) in [5.74, 6) is 0.308. The third kappa shape index (κ3) is 6.75. The standard InChI is InChI=1S/C16H23NO2/c1-3-16(19)11-6-4-5-8-14-9-7-10-15(12-14)17-13(2)18/h7,9-10,12H,3-6,8,11H2,1-2H3,(H,17,18). The SMILES string of the molecule is CCC(=O)CCCCCc1cccc(NC(C)=O)c1. The highest BCUT2D eigenvalue weighted by Crippen LogP contribution is 2.14. The zero-order valence-corrected chi connectivity index (χ0v) is 11.9. The number of Topliss-reactive ketones (excluding diaryl/α,β-unsaturated/α-hetero) is 1. The van der Waals surface area contributed by atoms with Gasteiger partial charge >= 0.3 is 0 Å². The van der Waals surface area contributed by atoms with E-state index in [4.69, 9.17) is 0 Å². The molecule has 0 aliphatic rings. The second-order valence-corrected chi connectivity index (χ2v) is 4.83. The highest BCUT2D eigenvalue weighted by Gasteiger charge is 2.00. The number of carbonyl (C=O) groups excluding carboxylic acids is 2. The fraction of sp³-hybridized carbons (Fsp3) is 0.500. The Hall–Kier alpha value is -1.64. The molecule has 0 bridgehead atoms. The number of benzene rings is 1. The van der Waals surface area contributed by atoms with Crippen molar-refractivity contribution in [1.29, 1.82) is 0 Å². The lowest BCUT2D eigenvalue weighted by Gasteiger charge is -2.05. The Morgan fingerprint density at radius 2 is 1.95 bits per heavy atom. The van der Waals surface area contributed by atoms with Gasteiger partial charge in [-0.25, -0.2) is 0 Å². The zero-order valence-electron chi connectivity index (χ0n) is 11.9. The molecule has 1 rings (SSSR count). The average Bonchev–Trinajstić information content (AvgIpc) is 2.37. The third-order valence-corrected chi connectivity index (χ3v) is 3.06. The first kappa shape index (κ1) is 15.4. The molecule has 19 heavy (non-hydrogen) atoms. The molecule has 0 unspecified atom stereocenters. The van der Waals surface area contributed by atoms with Crippen molar-refractivity contribution in [3.8, 4) is 0 Å². The molecule has 3 heteroatoms. The first-order chi connectivity index (χ1) is 9.11. The van der Waals surface area contributed by atoms with E-state index >= 15 is 0 Å². The molecule has 0 saturated heterocycles. The molecule has 1 aromatic carbocycles. The van der Waals surface area contributed by atoms with Gasteiger partial charge < -0.3 is 5.32 Å². The Bertz CT molecular complexity index is 427. The molecule has 1 N–H and O–H groups in total. The highest BCUT2D eigenvalue weighted by molar-refractivity contribution is 5.88. The Morgan fingerprint density at radius 1 is 1.16 bits per heavy atom. The molecule has 0 fully saturated rings. The van der Waals surface area contributed by atoms with E-state index in [1.807, 2.05) is 25.1 Å². The number of aryl methyl sites for hydroxylation is 1. The smallest absolute Gasteiger partial charge is 0.221 e. The van der Waals surface area contributed by atoms with Crippen molar-refractivity contribution < 1.29 is 9.59 Å². The summed E-state index contributed by atoms with van der Waals surface area (Å²) in [6.45, 7) is 3.42. The summed E-state index contributed by atoms with van der Waals surface area (Å²) in [6.07, 6.45) is 5.50. The van der Waals surface area contributed by atoms with E-state index in [0.717, 1.165) is 31.4 Å². The van der Waals surface area contributed by atoms with Gasteiger partial charge in [0.25, 0.3) is 0 Å². The summed E-state index contributed by atoms with van der Waals surface area (Å²) >= 11 is 0. The molecule has 0 aliphatic heterocycles. The first-order valence-corrected chi connectivity index (χ1v) is 7.00. The van der Waals surface area contributed by atoms with Crippen LogP contribution in [0.25, 0.3) is 0 Å². The lowest BCUT2D eigenvalue weighted by atomic mass is 10.0. The van der Waals surface area contributed by atoms with E-state index in [-0.39, 0.29) is 5.91 Å². The van der Waals surface area contributed by atoms with Gasteiger partial charge in [-0.15, -0.1) is 0 Å². The molecule has 1 amide bonds. The van der Waals surface area contributed by atoms with Gasteiger partial charge in [0.15, 0.2) is 0 Å². The molecule has 0 radical (unpaired) electrons. The van der Waals surface area contributed by atoms with Gasteiger partial charge in [0.1, 0.15) is 5.78 Å². The minimum atomic E-state index is -0.0461. The lowest BCUT2D eigenvalue weighted by Crippen LogP contribution is -2.05. The van der Waals surface area contributed by atoms with Crippen LogP contribution in [0.4, 0.5) is 5.69 Å². The minimum absolute atomic E-state index is 0.0461. The van der Waals surface area contributed by atoms with Gasteiger partial charge in [0.2, 0.25) is 5.91 Å². The number of rotatable bonds is 8. The van der Waals surface area contributed by atoms with E-state index in [1.165, 1.54) is 12.5 Å². The molecule has 0 aromatic heterocycles. The minimum Gasteiger partial charge on any atom is -0.326 e. The van der Waals surface area contributed by atoms with Crippen LogP contribution in [0.15, 0.2) is 24.3 Å². The monoisotopic (exact) mass is 261 g/mol. The van der Waals surface area contributed by atoms with Crippen molar-refractivity contribution in [3.63, 3.8) is 0 Å². The van der Waals surface area contributed by atoms with Crippen molar-refractivity contribution in [2.24, 2.45) is 0 Å². The molecule has 0 spiro atoms. The summed E-state index contributed by atoms with van der Waals surface area (Å²) in [7, 11) is 0. The van der Waals surface area contributed by atoms with Crippen LogP contribution in [0, 0.1) is 0 Å². The number of unbranched alkanes of at least 4 members (excludes halogenated alkanes) is 2. The number of hydrogen-bond donors (Lipinski definition) is 1. The van der Waals surface area contributed by atoms with Crippen LogP contribution in [-0.4, -0.2) is 11.7 Å². The molecule has 0 aliphatic carbocycles. The van der Waals surface area contributed by atoms with Crippen LogP contribution in [-0.2, 0) is 16.0 Å². The second kappa shape index (κ2) is 8.46. The average molecular weight is 261 g/mol.